The van der Waals surface area contributed by atoms with Gasteiger partial charge < -0.3 is 39.9 Å². The monoisotopic (exact) mass is 677 g/mol. The number of anilines is 4. The molecule has 0 unspecified atom stereocenters. The number of benzene rings is 1. The van der Waals surface area contributed by atoms with Crippen molar-refractivity contribution in [1.82, 2.24) is 20.2 Å². The van der Waals surface area contributed by atoms with Gasteiger partial charge in [-0.05, 0) is 57.8 Å². The molecular weight excluding hydrogens is 630 g/mol. The first-order valence-electron chi connectivity index (χ1n) is 17.3. The maximum absolute atomic E-state index is 13.8. The number of fused-ring (bicyclic) bond motifs is 2. The molecule has 0 radical (unpaired) electrons. The number of hydrogen-bond donors (Lipinski definition) is 3. The molecule has 0 spiro atoms. The van der Waals surface area contributed by atoms with Crippen molar-refractivity contribution in [3.63, 3.8) is 0 Å². The molecule has 1 aromatic carbocycles. The summed E-state index contributed by atoms with van der Waals surface area (Å²) in [5, 5.41) is 16.0. The summed E-state index contributed by atoms with van der Waals surface area (Å²) in [6.07, 6.45) is 7.26. The maximum atomic E-state index is 13.8. The molecule has 1 aromatic heterocycles. The first kappa shape index (κ1) is 34.4. The third kappa shape index (κ3) is 6.87. The van der Waals surface area contributed by atoms with Gasteiger partial charge in [-0.3, -0.25) is 19.2 Å². The highest BCUT2D eigenvalue weighted by Crippen LogP contribution is 2.42. The Hall–Kier alpha value is -4.46. The first-order valence-corrected chi connectivity index (χ1v) is 17.3. The van der Waals surface area contributed by atoms with Crippen molar-refractivity contribution in [3.8, 4) is 5.75 Å². The van der Waals surface area contributed by atoms with Gasteiger partial charge in [-0.25, -0.2) is 4.98 Å². The SMILES string of the molecule is CC[C@@H]1C(=O)N(C)c2cnc(Nc3ccc(C(=O)N[C@@H]4C[C@H](CC(=O)O)[C@H](N(C)C)C[C@H]4OC(C)=O)c4c3OCC4)nc2N1C1CCCC1. The normalized spacial score (nSPS) is 25.1. The number of nitrogens with zero attached hydrogens (tertiary/aromatic N) is 5. The lowest BCUT2D eigenvalue weighted by atomic mass is 9.77. The van der Waals surface area contributed by atoms with Crippen molar-refractivity contribution in [3.05, 3.63) is 29.5 Å². The van der Waals surface area contributed by atoms with Crippen LogP contribution < -0.4 is 25.2 Å². The van der Waals surface area contributed by atoms with Gasteiger partial charge in [-0.15, -0.1) is 0 Å². The van der Waals surface area contributed by atoms with Crippen molar-refractivity contribution in [1.29, 1.82) is 0 Å². The first-order chi connectivity index (χ1) is 23.5. The average molecular weight is 678 g/mol. The van der Waals surface area contributed by atoms with Crippen LogP contribution >= 0.6 is 0 Å². The maximum Gasteiger partial charge on any atom is 0.303 e. The van der Waals surface area contributed by atoms with Crippen LogP contribution in [0, 0.1) is 5.92 Å². The van der Waals surface area contributed by atoms with Crippen LogP contribution in [0.15, 0.2) is 18.3 Å². The molecule has 2 aliphatic carbocycles. The number of rotatable bonds is 10. The van der Waals surface area contributed by atoms with Crippen LogP contribution in [0.1, 0.15) is 81.1 Å². The van der Waals surface area contributed by atoms with Crippen LogP contribution in [-0.2, 0) is 25.5 Å². The summed E-state index contributed by atoms with van der Waals surface area (Å²) >= 11 is 0. The summed E-state index contributed by atoms with van der Waals surface area (Å²) in [5.74, 6) is -0.265. The Morgan fingerprint density at radius 2 is 1.92 bits per heavy atom. The highest BCUT2D eigenvalue weighted by Gasteiger charge is 2.43. The number of esters is 1. The summed E-state index contributed by atoms with van der Waals surface area (Å²) < 4.78 is 11.7. The van der Waals surface area contributed by atoms with Gasteiger partial charge >= 0.3 is 11.9 Å². The van der Waals surface area contributed by atoms with Crippen LogP contribution in [0.4, 0.5) is 23.1 Å². The largest absolute Gasteiger partial charge is 0.491 e. The van der Waals surface area contributed by atoms with Gasteiger partial charge in [0.05, 0.1) is 24.5 Å². The molecule has 3 N–H and O–H groups in total. The number of aliphatic carboxylic acids is 1. The number of hydrogen-bond acceptors (Lipinski definition) is 11. The van der Waals surface area contributed by atoms with Gasteiger partial charge in [0.25, 0.3) is 5.91 Å². The van der Waals surface area contributed by atoms with Gasteiger partial charge in [0.1, 0.15) is 23.6 Å². The Morgan fingerprint density at radius 1 is 1.16 bits per heavy atom. The van der Waals surface area contributed by atoms with Gasteiger partial charge in [0, 0.05) is 56.4 Å². The summed E-state index contributed by atoms with van der Waals surface area (Å²) in [5.41, 5.74) is 2.47. The molecule has 2 fully saturated rings. The number of carboxylic acids is 1. The lowest BCUT2D eigenvalue weighted by Gasteiger charge is -2.43. The molecule has 2 saturated carbocycles. The molecule has 3 heterocycles. The summed E-state index contributed by atoms with van der Waals surface area (Å²) in [6.45, 7) is 3.76. The van der Waals surface area contributed by atoms with E-state index < -0.39 is 24.1 Å². The Morgan fingerprint density at radius 3 is 2.59 bits per heavy atom. The van der Waals surface area contributed by atoms with Crippen LogP contribution in [0.2, 0.25) is 0 Å². The number of carbonyl (C=O) groups excluding carboxylic acids is 3. The molecule has 0 bridgehead atoms. The second kappa shape index (κ2) is 14.2. The molecule has 14 heteroatoms. The minimum atomic E-state index is -0.911. The van der Waals surface area contributed by atoms with Gasteiger partial charge in [-0.2, -0.15) is 4.98 Å². The summed E-state index contributed by atoms with van der Waals surface area (Å²) in [6, 6.07) is 2.77. The van der Waals surface area contributed by atoms with Gasteiger partial charge in [-0.1, -0.05) is 19.8 Å². The van der Waals surface area contributed by atoms with E-state index >= 15 is 0 Å². The highest BCUT2D eigenvalue weighted by atomic mass is 16.5. The van der Waals surface area contributed by atoms with Crippen LogP contribution in [0.3, 0.4) is 0 Å². The average Bonchev–Trinajstić information content (AvgIpc) is 3.77. The molecule has 4 aliphatic rings. The molecule has 0 saturated heterocycles. The molecule has 5 atom stereocenters. The standard InChI is InChI=1S/C35H47N7O7/c1-6-26-34(47)41(5)28-18-36-35(39-32(28)42(26)21-9-7-8-10-21)38-24-12-11-23(22-13-14-48-31(22)24)33(46)37-25-15-20(16-30(44)45)27(40(3)4)17-29(25)49-19(2)43/h11-12,18,20-21,25-27,29H,6-10,13-17H2,1-5H3,(H,37,46)(H,44,45)(H,36,38,39)/t20-,25-,26-,27-,29-/m1/s1. The molecule has 6 rings (SSSR count). The third-order valence-electron chi connectivity index (χ3n) is 10.5. The second-order valence-corrected chi connectivity index (χ2v) is 13.8. The van der Waals surface area contributed by atoms with E-state index in [1.807, 2.05) is 25.9 Å². The van der Waals surface area contributed by atoms with Crippen LogP contribution in [-0.4, -0.2) is 102 Å². The van der Waals surface area contributed by atoms with E-state index in [-0.39, 0.29) is 42.3 Å². The third-order valence-corrected chi connectivity index (χ3v) is 10.5. The molecule has 14 nitrogen and oxygen atoms in total. The second-order valence-electron chi connectivity index (χ2n) is 13.8. The summed E-state index contributed by atoms with van der Waals surface area (Å²) in [4.78, 5) is 66.1. The van der Waals surface area contributed by atoms with Crippen LogP contribution in [0.25, 0.3) is 0 Å². The van der Waals surface area contributed by atoms with Gasteiger partial charge in [0.15, 0.2) is 5.82 Å². The van der Waals surface area contributed by atoms with E-state index in [0.717, 1.165) is 37.1 Å². The predicted octanol–water partition coefficient (Wildman–Crippen LogP) is 3.50. The fourth-order valence-corrected chi connectivity index (χ4v) is 8.22. The fraction of sp³-hybridized carbons (Fsp3) is 0.600. The number of likely N-dealkylation sites (N-methyl/N-ethyl adjacent to an activating group) is 1. The Labute approximate surface area is 286 Å². The quantitative estimate of drug-likeness (QED) is 0.314. The fourth-order valence-electron chi connectivity index (χ4n) is 8.22. The lowest BCUT2D eigenvalue weighted by molar-refractivity contribution is -0.152. The van der Waals surface area contributed by atoms with Crippen LogP contribution in [0.5, 0.6) is 5.75 Å². The lowest BCUT2D eigenvalue weighted by Crippen LogP contribution is -2.55. The van der Waals surface area contributed by atoms with E-state index in [2.05, 4.69) is 20.5 Å². The smallest absolute Gasteiger partial charge is 0.303 e. The van der Waals surface area contributed by atoms with E-state index in [4.69, 9.17) is 14.5 Å². The number of ether oxygens (including phenoxy) is 2. The van der Waals surface area contributed by atoms with Crippen molar-refractivity contribution in [2.45, 2.75) is 102 Å². The zero-order valence-corrected chi connectivity index (χ0v) is 28.9. The number of carboxylic acid groups (broad SMARTS) is 1. The Balaban J connectivity index is 1.25. The Bertz CT molecular complexity index is 1610. The van der Waals surface area contributed by atoms with E-state index in [0.29, 0.717) is 60.9 Å². The molecule has 2 amide bonds. The highest BCUT2D eigenvalue weighted by molar-refractivity contribution is 6.04. The minimum absolute atomic E-state index is 0.0496. The number of aromatic nitrogens is 2. The number of carbonyl (C=O) groups is 4. The molecule has 49 heavy (non-hydrogen) atoms. The number of nitrogens with one attached hydrogen (secondary N) is 2. The summed E-state index contributed by atoms with van der Waals surface area (Å²) in [7, 11) is 5.53. The van der Waals surface area contributed by atoms with Crippen molar-refractivity contribution in [2.75, 3.05) is 42.9 Å². The topological polar surface area (TPSA) is 167 Å². The zero-order chi connectivity index (χ0) is 35.0. The van der Waals surface area contributed by atoms with Crippen molar-refractivity contribution in [2.24, 2.45) is 5.92 Å². The molecule has 2 aliphatic heterocycles. The van der Waals surface area contributed by atoms with Crippen molar-refractivity contribution >= 4 is 46.9 Å². The Kier molecular flexibility index (Phi) is 9.96. The predicted molar refractivity (Wildman–Crippen MR) is 182 cm³/mol. The molecular formula is C35H47N7O7. The number of amides is 2. The molecule has 264 valence electrons. The van der Waals surface area contributed by atoms with E-state index in [9.17, 15) is 24.3 Å². The zero-order valence-electron chi connectivity index (χ0n) is 28.9. The van der Waals surface area contributed by atoms with Gasteiger partial charge in [0.2, 0.25) is 11.9 Å². The molecule has 2 aromatic rings. The van der Waals surface area contributed by atoms with Crippen molar-refractivity contribution < 1.29 is 33.8 Å². The van der Waals surface area contributed by atoms with E-state index in [1.165, 1.54) is 6.92 Å². The van der Waals surface area contributed by atoms with E-state index in [1.54, 1.807) is 30.3 Å². The minimum Gasteiger partial charge on any atom is -0.491 e.